The molecular formula is C17H27NO2. The highest BCUT2D eigenvalue weighted by Gasteiger charge is 2.26. The number of piperidine rings is 1. The molecule has 1 aromatic carbocycles. The average molecular weight is 277 g/mol. The van der Waals surface area contributed by atoms with Crippen LogP contribution in [0.3, 0.4) is 0 Å². The molecule has 20 heavy (non-hydrogen) atoms. The van der Waals surface area contributed by atoms with Crippen molar-refractivity contribution in [2.24, 2.45) is 5.92 Å². The van der Waals surface area contributed by atoms with Gasteiger partial charge in [-0.05, 0) is 56.8 Å². The molecule has 1 aliphatic rings. The summed E-state index contributed by atoms with van der Waals surface area (Å²) in [5.41, 5.74) is 0.971. The number of aliphatic hydroxyl groups excluding tert-OH is 1. The Morgan fingerprint density at radius 1 is 1.30 bits per heavy atom. The van der Waals surface area contributed by atoms with Gasteiger partial charge in [0.15, 0.2) is 0 Å². The number of hydrogen-bond acceptors (Lipinski definition) is 3. The molecule has 1 aliphatic heterocycles. The number of β-amino-alcohol motifs (C(OH)–C–C–N with tert-alkyl or cyclic N) is 1. The van der Waals surface area contributed by atoms with E-state index in [2.05, 4.69) is 18.7 Å². The summed E-state index contributed by atoms with van der Waals surface area (Å²) in [5.74, 6) is 1.58. The van der Waals surface area contributed by atoms with Crippen LogP contribution >= 0.6 is 0 Å². The van der Waals surface area contributed by atoms with Crippen molar-refractivity contribution in [3.8, 4) is 5.75 Å². The highest BCUT2D eigenvalue weighted by atomic mass is 16.5. The molecule has 1 heterocycles. The standard InChI is InChI=1S/C17H27NO2/c1-4-20-16-9-7-15(8-10-16)17(19)12-18-11-5-6-13(2)14(18)3/h7-10,13-14,17,19H,4-6,11-12H2,1-3H3. The Balaban J connectivity index is 1.95. The minimum atomic E-state index is -0.418. The second-order valence-electron chi connectivity index (χ2n) is 5.87. The fourth-order valence-corrected chi connectivity index (χ4v) is 2.96. The Morgan fingerprint density at radius 3 is 2.65 bits per heavy atom. The lowest BCUT2D eigenvalue weighted by Gasteiger charge is -2.39. The van der Waals surface area contributed by atoms with E-state index in [9.17, 15) is 5.11 Å². The van der Waals surface area contributed by atoms with E-state index in [-0.39, 0.29) is 0 Å². The molecule has 0 aliphatic carbocycles. The van der Waals surface area contributed by atoms with Crippen molar-refractivity contribution in [2.45, 2.75) is 45.8 Å². The topological polar surface area (TPSA) is 32.7 Å². The molecule has 1 N–H and O–H groups in total. The van der Waals surface area contributed by atoms with Crippen LogP contribution in [0.15, 0.2) is 24.3 Å². The summed E-state index contributed by atoms with van der Waals surface area (Å²) in [6.07, 6.45) is 2.12. The van der Waals surface area contributed by atoms with E-state index in [0.29, 0.717) is 12.6 Å². The molecule has 3 nitrogen and oxygen atoms in total. The van der Waals surface area contributed by atoms with Crippen molar-refractivity contribution < 1.29 is 9.84 Å². The van der Waals surface area contributed by atoms with Crippen LogP contribution in [-0.2, 0) is 0 Å². The van der Waals surface area contributed by atoms with Crippen LogP contribution in [0.2, 0.25) is 0 Å². The normalized spacial score (nSPS) is 25.4. The molecule has 1 fully saturated rings. The molecule has 3 heteroatoms. The van der Waals surface area contributed by atoms with Crippen molar-refractivity contribution in [3.63, 3.8) is 0 Å². The van der Waals surface area contributed by atoms with Crippen LogP contribution in [0.4, 0.5) is 0 Å². The number of benzene rings is 1. The molecule has 2 rings (SSSR count). The predicted molar refractivity (Wildman–Crippen MR) is 82.0 cm³/mol. The van der Waals surface area contributed by atoms with Crippen LogP contribution in [0.25, 0.3) is 0 Å². The fraction of sp³-hybridized carbons (Fsp3) is 0.647. The van der Waals surface area contributed by atoms with E-state index < -0.39 is 6.10 Å². The lowest BCUT2D eigenvalue weighted by molar-refractivity contribution is 0.0513. The third kappa shape index (κ3) is 3.74. The number of rotatable bonds is 5. The third-order valence-electron chi connectivity index (χ3n) is 4.49. The van der Waals surface area contributed by atoms with E-state index in [4.69, 9.17) is 4.74 Å². The van der Waals surface area contributed by atoms with Crippen molar-refractivity contribution in [3.05, 3.63) is 29.8 Å². The maximum absolute atomic E-state index is 10.4. The van der Waals surface area contributed by atoms with Crippen LogP contribution in [-0.4, -0.2) is 35.7 Å². The zero-order valence-corrected chi connectivity index (χ0v) is 12.9. The van der Waals surface area contributed by atoms with Crippen LogP contribution < -0.4 is 4.74 Å². The van der Waals surface area contributed by atoms with Gasteiger partial charge in [-0.25, -0.2) is 0 Å². The molecule has 1 aromatic rings. The Kier molecular flexibility index (Phi) is 5.44. The maximum Gasteiger partial charge on any atom is 0.119 e. The van der Waals surface area contributed by atoms with Gasteiger partial charge in [0.2, 0.25) is 0 Å². The highest BCUT2D eigenvalue weighted by molar-refractivity contribution is 5.28. The fourth-order valence-electron chi connectivity index (χ4n) is 2.96. The first-order valence-electron chi connectivity index (χ1n) is 7.76. The minimum Gasteiger partial charge on any atom is -0.494 e. The average Bonchev–Trinajstić information content (AvgIpc) is 2.45. The number of likely N-dealkylation sites (tertiary alicyclic amines) is 1. The summed E-state index contributed by atoms with van der Waals surface area (Å²) in [5, 5.41) is 10.4. The SMILES string of the molecule is CCOc1ccc(C(O)CN2CCCC(C)C2C)cc1. The van der Waals surface area contributed by atoms with Gasteiger partial charge in [0, 0.05) is 12.6 Å². The molecule has 1 saturated heterocycles. The van der Waals surface area contributed by atoms with Crippen molar-refractivity contribution in [1.82, 2.24) is 4.90 Å². The van der Waals surface area contributed by atoms with E-state index in [1.807, 2.05) is 31.2 Å². The van der Waals surface area contributed by atoms with Gasteiger partial charge in [-0.3, -0.25) is 4.90 Å². The van der Waals surface area contributed by atoms with Gasteiger partial charge in [0.25, 0.3) is 0 Å². The number of ether oxygens (including phenoxy) is 1. The lowest BCUT2D eigenvalue weighted by Crippen LogP contribution is -2.44. The summed E-state index contributed by atoms with van der Waals surface area (Å²) in [6, 6.07) is 8.36. The summed E-state index contributed by atoms with van der Waals surface area (Å²) >= 11 is 0. The molecule has 0 spiro atoms. The Bertz CT molecular complexity index is 404. The van der Waals surface area contributed by atoms with Gasteiger partial charge in [-0.15, -0.1) is 0 Å². The molecule has 0 radical (unpaired) electrons. The monoisotopic (exact) mass is 277 g/mol. The molecule has 0 saturated carbocycles. The summed E-state index contributed by atoms with van der Waals surface area (Å²) < 4.78 is 5.43. The summed E-state index contributed by atoms with van der Waals surface area (Å²) in [7, 11) is 0. The summed E-state index contributed by atoms with van der Waals surface area (Å²) in [6.45, 7) is 9.04. The number of aliphatic hydroxyl groups is 1. The smallest absolute Gasteiger partial charge is 0.119 e. The third-order valence-corrected chi connectivity index (χ3v) is 4.49. The van der Waals surface area contributed by atoms with Crippen molar-refractivity contribution >= 4 is 0 Å². The van der Waals surface area contributed by atoms with Gasteiger partial charge in [-0.2, -0.15) is 0 Å². The molecule has 0 bridgehead atoms. The van der Waals surface area contributed by atoms with E-state index >= 15 is 0 Å². The first kappa shape index (κ1) is 15.3. The first-order chi connectivity index (χ1) is 9.61. The number of hydrogen-bond donors (Lipinski definition) is 1. The zero-order chi connectivity index (χ0) is 14.5. The van der Waals surface area contributed by atoms with E-state index in [1.54, 1.807) is 0 Å². The van der Waals surface area contributed by atoms with Gasteiger partial charge in [0.05, 0.1) is 12.7 Å². The molecule has 0 aromatic heterocycles. The Labute approximate surface area is 122 Å². The quantitative estimate of drug-likeness (QED) is 0.897. The van der Waals surface area contributed by atoms with Gasteiger partial charge >= 0.3 is 0 Å². The van der Waals surface area contributed by atoms with Gasteiger partial charge < -0.3 is 9.84 Å². The molecular weight excluding hydrogens is 250 g/mol. The molecule has 3 atom stereocenters. The molecule has 112 valence electrons. The van der Waals surface area contributed by atoms with Crippen LogP contribution in [0.5, 0.6) is 5.75 Å². The van der Waals surface area contributed by atoms with Crippen LogP contribution in [0.1, 0.15) is 45.3 Å². The highest BCUT2D eigenvalue weighted by Crippen LogP contribution is 2.26. The predicted octanol–water partition coefficient (Wildman–Crippen LogP) is 3.24. The second-order valence-corrected chi connectivity index (χ2v) is 5.87. The first-order valence-corrected chi connectivity index (χ1v) is 7.76. The van der Waals surface area contributed by atoms with Crippen LogP contribution in [0, 0.1) is 5.92 Å². The largest absolute Gasteiger partial charge is 0.494 e. The Morgan fingerprint density at radius 2 is 2.00 bits per heavy atom. The Hall–Kier alpha value is -1.06. The molecule has 0 amide bonds. The minimum absolute atomic E-state index is 0.418. The second kappa shape index (κ2) is 7.09. The molecule has 3 unspecified atom stereocenters. The van der Waals surface area contributed by atoms with Crippen molar-refractivity contribution in [1.29, 1.82) is 0 Å². The lowest BCUT2D eigenvalue weighted by atomic mass is 9.91. The van der Waals surface area contributed by atoms with E-state index in [1.165, 1.54) is 12.8 Å². The zero-order valence-electron chi connectivity index (χ0n) is 12.9. The number of nitrogens with zero attached hydrogens (tertiary/aromatic N) is 1. The maximum atomic E-state index is 10.4. The van der Waals surface area contributed by atoms with E-state index in [0.717, 1.165) is 30.3 Å². The van der Waals surface area contributed by atoms with Crippen molar-refractivity contribution in [2.75, 3.05) is 19.7 Å². The summed E-state index contributed by atoms with van der Waals surface area (Å²) in [4.78, 5) is 2.41. The van der Waals surface area contributed by atoms with Gasteiger partial charge in [-0.1, -0.05) is 19.1 Å². The van der Waals surface area contributed by atoms with Gasteiger partial charge in [0.1, 0.15) is 5.75 Å².